The summed E-state index contributed by atoms with van der Waals surface area (Å²) in [7, 11) is 4.76. The monoisotopic (exact) mass is 342 g/mol. The molecule has 25 heavy (non-hydrogen) atoms. The highest BCUT2D eigenvalue weighted by Gasteiger charge is 2.13. The number of nitrogens with one attached hydrogen (secondary N) is 1. The molecule has 2 amide bonds. The molecule has 0 fully saturated rings. The van der Waals surface area contributed by atoms with Gasteiger partial charge in [0.2, 0.25) is 5.91 Å². The number of methoxy groups -OCH3 is 2. The van der Waals surface area contributed by atoms with Crippen molar-refractivity contribution in [2.75, 3.05) is 32.7 Å². The first kappa shape index (κ1) is 18.3. The van der Waals surface area contributed by atoms with Crippen LogP contribution in [0.1, 0.15) is 16.8 Å². The molecule has 6 nitrogen and oxygen atoms in total. The number of ether oxygens (including phenoxy) is 2. The van der Waals surface area contributed by atoms with Crippen LogP contribution >= 0.6 is 0 Å². The van der Waals surface area contributed by atoms with Gasteiger partial charge in [-0.25, -0.2) is 0 Å². The molecule has 0 unspecified atom stereocenters. The van der Waals surface area contributed by atoms with Crippen LogP contribution < -0.4 is 19.7 Å². The third kappa shape index (κ3) is 4.97. The Kier molecular flexibility index (Phi) is 6.39. The van der Waals surface area contributed by atoms with Gasteiger partial charge in [-0.1, -0.05) is 18.2 Å². The predicted octanol–water partition coefficient (Wildman–Crippen LogP) is 2.49. The van der Waals surface area contributed by atoms with Gasteiger partial charge >= 0.3 is 0 Å². The average molecular weight is 342 g/mol. The number of carbonyl (C=O) groups is 2. The third-order valence-corrected chi connectivity index (χ3v) is 3.76. The summed E-state index contributed by atoms with van der Waals surface area (Å²) in [4.78, 5) is 26.0. The normalized spacial score (nSPS) is 10.0. The molecule has 0 spiro atoms. The molecule has 0 saturated carbocycles. The fraction of sp³-hybridized carbons (Fsp3) is 0.263. The van der Waals surface area contributed by atoms with E-state index in [-0.39, 0.29) is 24.8 Å². The Morgan fingerprint density at radius 2 is 1.60 bits per heavy atom. The molecular formula is C19H22N2O4. The Labute approximate surface area is 147 Å². The zero-order valence-electron chi connectivity index (χ0n) is 14.6. The highest BCUT2D eigenvalue weighted by molar-refractivity contribution is 5.96. The Morgan fingerprint density at radius 1 is 1.00 bits per heavy atom. The van der Waals surface area contributed by atoms with E-state index in [1.807, 2.05) is 30.3 Å². The summed E-state index contributed by atoms with van der Waals surface area (Å²) >= 11 is 0. The number of carbonyl (C=O) groups excluding carboxylic acids is 2. The smallest absolute Gasteiger partial charge is 0.251 e. The molecule has 0 aromatic heterocycles. The van der Waals surface area contributed by atoms with Gasteiger partial charge < -0.3 is 19.7 Å². The minimum atomic E-state index is -0.285. The van der Waals surface area contributed by atoms with Crippen molar-refractivity contribution in [3.8, 4) is 11.5 Å². The first-order valence-corrected chi connectivity index (χ1v) is 7.88. The molecule has 0 bridgehead atoms. The summed E-state index contributed by atoms with van der Waals surface area (Å²) < 4.78 is 10.3. The van der Waals surface area contributed by atoms with Crippen LogP contribution in [0, 0.1) is 0 Å². The number of nitrogens with zero attached hydrogens (tertiary/aromatic N) is 1. The Morgan fingerprint density at radius 3 is 2.16 bits per heavy atom. The molecule has 132 valence electrons. The summed E-state index contributed by atoms with van der Waals surface area (Å²) in [6.45, 7) is 0.244. The van der Waals surface area contributed by atoms with Crippen molar-refractivity contribution >= 4 is 17.5 Å². The largest absolute Gasteiger partial charge is 0.497 e. The van der Waals surface area contributed by atoms with Crippen molar-refractivity contribution in [1.29, 1.82) is 0 Å². The van der Waals surface area contributed by atoms with E-state index in [1.54, 1.807) is 30.1 Å². The van der Waals surface area contributed by atoms with Crippen LogP contribution in [0.4, 0.5) is 5.69 Å². The lowest BCUT2D eigenvalue weighted by atomic mass is 10.2. The van der Waals surface area contributed by atoms with E-state index in [0.29, 0.717) is 17.1 Å². The number of amides is 2. The first-order chi connectivity index (χ1) is 12.0. The summed E-state index contributed by atoms with van der Waals surface area (Å²) in [5.74, 6) is 0.705. The van der Waals surface area contributed by atoms with E-state index in [2.05, 4.69) is 5.32 Å². The molecule has 2 aromatic carbocycles. The van der Waals surface area contributed by atoms with Crippen LogP contribution in [0.15, 0.2) is 48.5 Å². The van der Waals surface area contributed by atoms with E-state index in [1.165, 1.54) is 14.2 Å². The molecular weight excluding hydrogens is 320 g/mol. The Hall–Kier alpha value is -3.02. The minimum Gasteiger partial charge on any atom is -0.497 e. The lowest BCUT2D eigenvalue weighted by Gasteiger charge is -2.17. The van der Waals surface area contributed by atoms with Crippen molar-refractivity contribution in [2.45, 2.75) is 6.42 Å². The van der Waals surface area contributed by atoms with Gasteiger partial charge in [0.25, 0.3) is 5.91 Å². The lowest BCUT2D eigenvalue weighted by Crippen LogP contribution is -2.32. The van der Waals surface area contributed by atoms with Gasteiger partial charge in [-0.15, -0.1) is 0 Å². The maximum absolute atomic E-state index is 12.3. The van der Waals surface area contributed by atoms with Crippen LogP contribution in [0.25, 0.3) is 0 Å². The fourth-order valence-corrected chi connectivity index (χ4v) is 2.29. The SMILES string of the molecule is COc1cc(OC)cc(C(=O)NCCC(=O)N(C)c2ccccc2)c1. The first-order valence-electron chi connectivity index (χ1n) is 7.88. The molecule has 2 aromatic rings. The molecule has 1 N–H and O–H groups in total. The van der Waals surface area contributed by atoms with Gasteiger partial charge in [0.1, 0.15) is 11.5 Å². The van der Waals surface area contributed by atoms with Gasteiger partial charge in [-0.05, 0) is 24.3 Å². The van der Waals surface area contributed by atoms with Gasteiger partial charge in [-0.2, -0.15) is 0 Å². The second kappa shape index (κ2) is 8.73. The van der Waals surface area contributed by atoms with Crippen LogP contribution in [0.5, 0.6) is 11.5 Å². The van der Waals surface area contributed by atoms with E-state index in [0.717, 1.165) is 5.69 Å². The predicted molar refractivity (Wildman–Crippen MR) is 96.3 cm³/mol. The standard InChI is InChI=1S/C19H22N2O4/c1-21(15-7-5-4-6-8-15)18(22)9-10-20-19(23)14-11-16(24-2)13-17(12-14)25-3/h4-8,11-13H,9-10H2,1-3H3,(H,20,23). The summed E-state index contributed by atoms with van der Waals surface area (Å²) in [6, 6.07) is 14.3. The second-order valence-electron chi connectivity index (χ2n) is 5.40. The van der Waals surface area contributed by atoms with Gasteiger partial charge in [0.05, 0.1) is 14.2 Å². The molecule has 0 aliphatic heterocycles. The van der Waals surface area contributed by atoms with Crippen LogP contribution in [-0.2, 0) is 4.79 Å². The number of anilines is 1. The maximum Gasteiger partial charge on any atom is 0.251 e. The highest BCUT2D eigenvalue weighted by Crippen LogP contribution is 2.22. The summed E-state index contributed by atoms with van der Waals surface area (Å²) in [5, 5.41) is 2.74. The number of rotatable bonds is 7. The average Bonchev–Trinajstić information content (AvgIpc) is 2.67. The molecule has 0 aliphatic rings. The number of hydrogen-bond donors (Lipinski definition) is 1. The molecule has 0 saturated heterocycles. The topological polar surface area (TPSA) is 67.9 Å². The van der Waals surface area contributed by atoms with Crippen LogP contribution in [0.3, 0.4) is 0 Å². The second-order valence-corrected chi connectivity index (χ2v) is 5.40. The number of hydrogen-bond acceptors (Lipinski definition) is 4. The van der Waals surface area contributed by atoms with Crippen molar-refractivity contribution in [2.24, 2.45) is 0 Å². The Balaban J connectivity index is 1.91. The van der Waals surface area contributed by atoms with Crippen molar-refractivity contribution < 1.29 is 19.1 Å². The highest BCUT2D eigenvalue weighted by atomic mass is 16.5. The summed E-state index contributed by atoms with van der Waals surface area (Å²) in [6.07, 6.45) is 0.207. The Bertz CT molecular complexity index is 709. The van der Waals surface area contributed by atoms with Crippen LogP contribution in [-0.4, -0.2) is 39.6 Å². The zero-order valence-corrected chi connectivity index (χ0v) is 14.6. The van der Waals surface area contributed by atoms with Crippen molar-refractivity contribution in [3.63, 3.8) is 0 Å². The van der Waals surface area contributed by atoms with Crippen molar-refractivity contribution in [3.05, 3.63) is 54.1 Å². The lowest BCUT2D eigenvalue weighted by molar-refractivity contribution is -0.118. The minimum absolute atomic E-state index is 0.0743. The molecule has 0 radical (unpaired) electrons. The summed E-state index contributed by atoms with van der Waals surface area (Å²) in [5.41, 5.74) is 1.23. The number of benzene rings is 2. The molecule has 6 heteroatoms. The third-order valence-electron chi connectivity index (χ3n) is 3.76. The molecule has 0 heterocycles. The maximum atomic E-state index is 12.3. The van der Waals surface area contributed by atoms with E-state index < -0.39 is 0 Å². The fourth-order valence-electron chi connectivity index (χ4n) is 2.29. The molecule has 0 aliphatic carbocycles. The van der Waals surface area contributed by atoms with Gasteiger partial charge in [0.15, 0.2) is 0 Å². The van der Waals surface area contributed by atoms with Crippen molar-refractivity contribution in [1.82, 2.24) is 5.32 Å². The quantitative estimate of drug-likeness (QED) is 0.839. The van der Waals surface area contributed by atoms with E-state index in [9.17, 15) is 9.59 Å². The van der Waals surface area contributed by atoms with Gasteiger partial charge in [-0.3, -0.25) is 9.59 Å². The molecule has 2 rings (SSSR count). The van der Waals surface area contributed by atoms with Gasteiger partial charge in [0, 0.05) is 37.3 Å². The zero-order chi connectivity index (χ0) is 18.2. The van der Waals surface area contributed by atoms with E-state index >= 15 is 0 Å². The molecule has 0 atom stereocenters. The van der Waals surface area contributed by atoms with E-state index in [4.69, 9.17) is 9.47 Å². The number of para-hydroxylation sites is 1. The van der Waals surface area contributed by atoms with Crippen LogP contribution in [0.2, 0.25) is 0 Å².